The first kappa shape index (κ1) is 10.2. The van der Waals surface area contributed by atoms with E-state index in [1.165, 1.54) is 18.6 Å². The number of carbonyl (C=O) groups excluding carboxylic acids is 1. The van der Waals surface area contributed by atoms with E-state index in [1.54, 1.807) is 19.1 Å². The van der Waals surface area contributed by atoms with Crippen molar-refractivity contribution in [3.63, 3.8) is 0 Å². The molecule has 73 valence electrons. The zero-order valence-electron chi connectivity index (χ0n) is 7.47. The van der Waals surface area contributed by atoms with Crippen LogP contribution in [0.2, 0.25) is 0 Å². The lowest BCUT2D eigenvalue weighted by Crippen LogP contribution is -1.98. The quantitative estimate of drug-likeness (QED) is 0.540. The lowest BCUT2D eigenvalue weighted by atomic mass is 10.1. The summed E-state index contributed by atoms with van der Waals surface area (Å²) < 4.78 is 4.55. The van der Waals surface area contributed by atoms with Crippen molar-refractivity contribution in [1.82, 2.24) is 0 Å². The zero-order valence-corrected chi connectivity index (χ0v) is 7.47. The third kappa shape index (κ3) is 2.29. The largest absolute Gasteiger partial charge is 0.449 e. The topological polar surface area (TPSA) is 69.4 Å². The van der Waals surface area contributed by atoms with Gasteiger partial charge in [-0.05, 0) is 24.6 Å². The molecule has 0 aliphatic heterocycles. The van der Waals surface area contributed by atoms with E-state index in [2.05, 4.69) is 4.74 Å². The van der Waals surface area contributed by atoms with E-state index in [-0.39, 0.29) is 5.69 Å². The Morgan fingerprint density at radius 1 is 1.43 bits per heavy atom. The molecule has 1 atom stereocenters. The van der Waals surface area contributed by atoms with Crippen molar-refractivity contribution in [2.45, 2.75) is 13.0 Å². The Morgan fingerprint density at radius 3 is 2.43 bits per heavy atom. The summed E-state index contributed by atoms with van der Waals surface area (Å²) in [6.07, 6.45) is -0.437. The van der Waals surface area contributed by atoms with Crippen LogP contribution >= 0.6 is 0 Å². The molecule has 5 heteroatoms. The molecular formula is C9H8NO4. The maximum atomic E-state index is 10.3. The molecule has 0 bridgehead atoms. The molecule has 1 radical (unpaired) electrons. The number of hydrogen-bond acceptors (Lipinski definition) is 4. The van der Waals surface area contributed by atoms with Crippen LogP contribution in [0.1, 0.15) is 18.6 Å². The minimum atomic E-state index is -0.485. The molecule has 0 spiro atoms. The van der Waals surface area contributed by atoms with Gasteiger partial charge in [-0.15, -0.1) is 0 Å². The van der Waals surface area contributed by atoms with Gasteiger partial charge in [-0.3, -0.25) is 10.1 Å². The van der Waals surface area contributed by atoms with Gasteiger partial charge in [-0.1, -0.05) is 0 Å². The average molecular weight is 194 g/mol. The summed E-state index contributed by atoms with van der Waals surface area (Å²) in [7, 11) is 0. The van der Waals surface area contributed by atoms with Crippen molar-refractivity contribution in [2.24, 2.45) is 0 Å². The first-order valence-electron chi connectivity index (χ1n) is 3.92. The van der Waals surface area contributed by atoms with Crippen molar-refractivity contribution in [1.29, 1.82) is 0 Å². The first-order chi connectivity index (χ1) is 6.65. The number of nitro groups is 1. The van der Waals surface area contributed by atoms with Crippen molar-refractivity contribution in [3.05, 3.63) is 39.9 Å². The smallest absolute Gasteiger partial charge is 0.418 e. The van der Waals surface area contributed by atoms with E-state index in [9.17, 15) is 14.9 Å². The van der Waals surface area contributed by atoms with Crippen molar-refractivity contribution < 1.29 is 14.5 Å². The highest BCUT2D eigenvalue weighted by Crippen LogP contribution is 2.19. The standard InChI is InChI=1S/C9H8NO4/c1-7(14-6-11)8-2-4-9(5-3-8)10(12)13/h2-5,7H,1H3. The van der Waals surface area contributed by atoms with Crippen LogP contribution in [0.5, 0.6) is 0 Å². The summed E-state index contributed by atoms with van der Waals surface area (Å²) in [5, 5.41) is 10.3. The normalized spacial score (nSPS) is 11.8. The number of non-ortho nitro benzene ring substituents is 1. The van der Waals surface area contributed by atoms with Gasteiger partial charge in [0, 0.05) is 12.1 Å². The lowest BCUT2D eigenvalue weighted by Gasteiger charge is -2.07. The van der Waals surface area contributed by atoms with Gasteiger partial charge in [0.05, 0.1) is 4.92 Å². The third-order valence-corrected chi connectivity index (χ3v) is 1.80. The Kier molecular flexibility index (Phi) is 3.17. The molecule has 0 N–H and O–H groups in total. The second-order valence-corrected chi connectivity index (χ2v) is 2.69. The summed E-state index contributed by atoms with van der Waals surface area (Å²) in [6, 6.07) is 5.81. The Hall–Kier alpha value is -1.91. The zero-order chi connectivity index (χ0) is 10.6. The van der Waals surface area contributed by atoms with Crippen LogP contribution in [0.3, 0.4) is 0 Å². The molecule has 1 aromatic rings. The second kappa shape index (κ2) is 4.36. The molecule has 0 saturated carbocycles. The van der Waals surface area contributed by atoms with E-state index in [1.807, 2.05) is 0 Å². The lowest BCUT2D eigenvalue weighted by molar-refractivity contribution is -0.384. The number of hydrogen-bond donors (Lipinski definition) is 0. The SMILES string of the molecule is CC(O[C]=O)c1ccc([N+](=O)[O-])cc1. The Morgan fingerprint density at radius 2 is 2.00 bits per heavy atom. The molecule has 1 aromatic carbocycles. The van der Waals surface area contributed by atoms with Crippen LogP contribution in [0.25, 0.3) is 0 Å². The maximum Gasteiger partial charge on any atom is 0.418 e. The average Bonchev–Trinajstić information content (AvgIpc) is 2.18. The maximum absolute atomic E-state index is 10.3. The van der Waals surface area contributed by atoms with Gasteiger partial charge in [0.2, 0.25) is 0 Å². The molecule has 0 heterocycles. The molecule has 0 amide bonds. The molecule has 14 heavy (non-hydrogen) atoms. The monoisotopic (exact) mass is 194 g/mol. The predicted molar refractivity (Wildman–Crippen MR) is 48.3 cm³/mol. The highest BCUT2D eigenvalue weighted by atomic mass is 16.6. The molecular weight excluding hydrogens is 186 g/mol. The number of nitrogens with zero attached hydrogens (tertiary/aromatic N) is 1. The van der Waals surface area contributed by atoms with Crippen LogP contribution in [0.4, 0.5) is 5.69 Å². The molecule has 0 fully saturated rings. The van der Waals surface area contributed by atoms with Crippen LogP contribution in [0.15, 0.2) is 24.3 Å². The highest BCUT2D eigenvalue weighted by molar-refractivity contribution is 5.40. The molecule has 1 rings (SSSR count). The van der Waals surface area contributed by atoms with Gasteiger partial charge in [0.15, 0.2) is 0 Å². The summed E-state index contributed by atoms with van der Waals surface area (Å²) in [5.74, 6) is 0. The third-order valence-electron chi connectivity index (χ3n) is 1.80. The molecule has 0 aromatic heterocycles. The molecule has 1 unspecified atom stereocenters. The molecule has 0 saturated heterocycles. The number of benzene rings is 1. The molecule has 0 aliphatic rings. The Labute approximate surface area is 80.5 Å². The summed E-state index contributed by atoms with van der Waals surface area (Å²) in [4.78, 5) is 19.7. The fourth-order valence-electron chi connectivity index (χ4n) is 1.01. The van der Waals surface area contributed by atoms with Gasteiger partial charge in [0.25, 0.3) is 5.69 Å². The van der Waals surface area contributed by atoms with Gasteiger partial charge >= 0.3 is 6.47 Å². The van der Waals surface area contributed by atoms with E-state index < -0.39 is 11.0 Å². The van der Waals surface area contributed by atoms with Crippen molar-refractivity contribution >= 4 is 12.2 Å². The molecule has 0 aliphatic carbocycles. The number of ether oxygens (including phenoxy) is 1. The highest BCUT2D eigenvalue weighted by Gasteiger charge is 2.09. The minimum Gasteiger partial charge on any atom is -0.449 e. The summed E-state index contributed by atoms with van der Waals surface area (Å²) in [5.41, 5.74) is 0.704. The Balaban J connectivity index is 2.82. The van der Waals surface area contributed by atoms with Crippen LogP contribution in [-0.4, -0.2) is 11.4 Å². The number of nitro benzene ring substituents is 1. The van der Waals surface area contributed by atoms with Gasteiger partial charge in [0.1, 0.15) is 6.10 Å². The minimum absolute atomic E-state index is 0.0102. The van der Waals surface area contributed by atoms with Crippen molar-refractivity contribution in [2.75, 3.05) is 0 Å². The predicted octanol–water partition coefficient (Wildman–Crippen LogP) is 1.74. The number of rotatable bonds is 4. The van der Waals surface area contributed by atoms with E-state index in [0.29, 0.717) is 5.56 Å². The molecule has 5 nitrogen and oxygen atoms in total. The van der Waals surface area contributed by atoms with E-state index in [0.717, 1.165) is 0 Å². The van der Waals surface area contributed by atoms with Crippen LogP contribution < -0.4 is 0 Å². The second-order valence-electron chi connectivity index (χ2n) is 2.69. The summed E-state index contributed by atoms with van der Waals surface area (Å²) >= 11 is 0. The van der Waals surface area contributed by atoms with Crippen LogP contribution in [-0.2, 0) is 9.53 Å². The van der Waals surface area contributed by atoms with Crippen molar-refractivity contribution in [3.8, 4) is 0 Å². The van der Waals surface area contributed by atoms with Gasteiger partial charge in [-0.2, -0.15) is 0 Å². The van der Waals surface area contributed by atoms with Crippen LogP contribution in [0, 0.1) is 10.1 Å². The fraction of sp³-hybridized carbons (Fsp3) is 0.222. The first-order valence-corrected chi connectivity index (χ1v) is 3.92. The fourth-order valence-corrected chi connectivity index (χ4v) is 1.01. The van der Waals surface area contributed by atoms with E-state index in [4.69, 9.17) is 0 Å². The summed E-state index contributed by atoms with van der Waals surface area (Å²) in [6.45, 7) is 2.98. The van der Waals surface area contributed by atoms with Gasteiger partial charge < -0.3 is 4.74 Å². The van der Waals surface area contributed by atoms with Gasteiger partial charge in [-0.25, -0.2) is 4.79 Å². The van der Waals surface area contributed by atoms with E-state index >= 15 is 0 Å². The Bertz CT molecular complexity index is 333.